The summed E-state index contributed by atoms with van der Waals surface area (Å²) in [5, 5.41) is 12.3. The molecule has 1 atom stereocenters. The molecule has 1 saturated heterocycles. The number of carbonyl (C=O) groups excluding carboxylic acids is 1. The van der Waals surface area contributed by atoms with Crippen molar-refractivity contribution in [3.05, 3.63) is 40.3 Å². The lowest BCUT2D eigenvalue weighted by molar-refractivity contribution is -0.121. The molecular formula is C19H26N4O3. The molecule has 2 heterocycles. The van der Waals surface area contributed by atoms with Gasteiger partial charge in [-0.3, -0.25) is 14.5 Å². The third-order valence-electron chi connectivity index (χ3n) is 4.94. The fourth-order valence-electron chi connectivity index (χ4n) is 3.46. The number of aliphatic hydroxyl groups excluding tert-OH is 1. The summed E-state index contributed by atoms with van der Waals surface area (Å²) in [4.78, 5) is 33.5. The van der Waals surface area contributed by atoms with Gasteiger partial charge in [0.25, 0.3) is 5.56 Å². The summed E-state index contributed by atoms with van der Waals surface area (Å²) in [7, 11) is 0. The maximum absolute atomic E-state index is 12.1. The number of hydrogen-bond donors (Lipinski definition) is 3. The normalized spacial score (nSPS) is 18.1. The number of nitrogens with one attached hydrogen (secondary N) is 2. The van der Waals surface area contributed by atoms with Gasteiger partial charge in [-0.2, -0.15) is 0 Å². The topological polar surface area (TPSA) is 98.3 Å². The number of amides is 1. The Kier molecular flexibility index (Phi) is 6.35. The number of aromatic nitrogens is 2. The van der Waals surface area contributed by atoms with Crippen LogP contribution in [0.15, 0.2) is 29.1 Å². The third kappa shape index (κ3) is 4.68. The van der Waals surface area contributed by atoms with Gasteiger partial charge in [-0.05, 0) is 31.5 Å². The number of benzene rings is 1. The highest BCUT2D eigenvalue weighted by Crippen LogP contribution is 2.15. The summed E-state index contributed by atoms with van der Waals surface area (Å²) in [6.45, 7) is 2.43. The minimum absolute atomic E-state index is 0.0862. The van der Waals surface area contributed by atoms with Gasteiger partial charge in [0.15, 0.2) is 0 Å². The molecule has 1 fully saturated rings. The van der Waals surface area contributed by atoms with E-state index in [4.69, 9.17) is 0 Å². The average Bonchev–Trinajstić information content (AvgIpc) is 2.66. The van der Waals surface area contributed by atoms with Crippen molar-refractivity contribution in [3.8, 4) is 0 Å². The van der Waals surface area contributed by atoms with Crippen LogP contribution in [0.25, 0.3) is 11.0 Å². The number of H-pyrrole nitrogens is 1. The Morgan fingerprint density at radius 3 is 3.04 bits per heavy atom. The zero-order valence-electron chi connectivity index (χ0n) is 14.9. The number of likely N-dealkylation sites (tertiary alicyclic amines) is 1. The number of carbonyl (C=O) groups is 1. The zero-order valence-corrected chi connectivity index (χ0v) is 14.9. The van der Waals surface area contributed by atoms with Gasteiger partial charge in [0, 0.05) is 32.0 Å². The van der Waals surface area contributed by atoms with Crippen molar-refractivity contribution in [2.45, 2.75) is 38.1 Å². The van der Waals surface area contributed by atoms with Gasteiger partial charge >= 0.3 is 0 Å². The molecule has 140 valence electrons. The van der Waals surface area contributed by atoms with E-state index >= 15 is 0 Å². The summed E-state index contributed by atoms with van der Waals surface area (Å²) < 4.78 is 0. The van der Waals surface area contributed by atoms with Crippen molar-refractivity contribution < 1.29 is 9.90 Å². The van der Waals surface area contributed by atoms with E-state index in [1.807, 2.05) is 18.2 Å². The Hall–Kier alpha value is -2.25. The van der Waals surface area contributed by atoms with Crippen molar-refractivity contribution in [2.75, 3.05) is 26.2 Å². The van der Waals surface area contributed by atoms with Gasteiger partial charge in [-0.1, -0.05) is 18.6 Å². The lowest BCUT2D eigenvalue weighted by Crippen LogP contribution is -2.45. The molecule has 1 amide bonds. The maximum atomic E-state index is 12.1. The Labute approximate surface area is 152 Å². The lowest BCUT2D eigenvalue weighted by atomic mass is 10.0. The van der Waals surface area contributed by atoms with E-state index in [1.165, 1.54) is 0 Å². The zero-order chi connectivity index (χ0) is 18.4. The van der Waals surface area contributed by atoms with E-state index < -0.39 is 0 Å². The third-order valence-corrected chi connectivity index (χ3v) is 4.94. The number of nitrogens with zero attached hydrogens (tertiary/aromatic N) is 2. The van der Waals surface area contributed by atoms with E-state index in [0.29, 0.717) is 24.2 Å². The molecule has 2 aromatic rings. The Bertz CT molecular complexity index is 805. The molecule has 1 aliphatic heterocycles. The second kappa shape index (κ2) is 8.91. The van der Waals surface area contributed by atoms with Gasteiger partial charge in [-0.25, -0.2) is 4.98 Å². The molecule has 0 radical (unpaired) electrons. The number of rotatable bonds is 7. The van der Waals surface area contributed by atoms with E-state index in [-0.39, 0.29) is 30.5 Å². The SMILES string of the molecule is O=C(CCc1nc2ccccc2[nH]c1=O)NCCN1CCCC[C@H]1CO. The molecule has 0 bridgehead atoms. The highest BCUT2D eigenvalue weighted by Gasteiger charge is 2.21. The quantitative estimate of drug-likeness (QED) is 0.681. The summed E-state index contributed by atoms with van der Waals surface area (Å²) in [5.41, 5.74) is 1.57. The standard InChI is InChI=1S/C19H26N4O3/c24-13-14-5-3-4-11-23(14)12-10-20-18(25)9-8-17-19(26)22-16-7-2-1-6-15(16)21-17/h1-2,6-7,14,24H,3-5,8-13H2,(H,20,25)(H,22,26)/t14-/m0/s1. The number of aliphatic hydroxyl groups is 1. The average molecular weight is 358 g/mol. The van der Waals surface area contributed by atoms with Crippen LogP contribution >= 0.6 is 0 Å². The fourth-order valence-corrected chi connectivity index (χ4v) is 3.46. The smallest absolute Gasteiger partial charge is 0.270 e. The minimum Gasteiger partial charge on any atom is -0.395 e. The van der Waals surface area contributed by atoms with Crippen LogP contribution in [-0.4, -0.2) is 58.2 Å². The van der Waals surface area contributed by atoms with Gasteiger partial charge < -0.3 is 15.4 Å². The number of fused-ring (bicyclic) bond motifs is 1. The van der Waals surface area contributed by atoms with Crippen LogP contribution in [0, 0.1) is 0 Å². The van der Waals surface area contributed by atoms with E-state index in [9.17, 15) is 14.7 Å². The molecule has 0 spiro atoms. The first kappa shape index (κ1) is 18.5. The molecule has 1 aliphatic rings. The van der Waals surface area contributed by atoms with Crippen molar-refractivity contribution in [2.24, 2.45) is 0 Å². The molecule has 26 heavy (non-hydrogen) atoms. The molecule has 7 nitrogen and oxygen atoms in total. The van der Waals surface area contributed by atoms with E-state index in [2.05, 4.69) is 20.2 Å². The van der Waals surface area contributed by atoms with Crippen molar-refractivity contribution in [1.29, 1.82) is 0 Å². The summed E-state index contributed by atoms with van der Waals surface area (Å²) in [5.74, 6) is -0.0862. The fraction of sp³-hybridized carbons (Fsp3) is 0.526. The van der Waals surface area contributed by atoms with Crippen LogP contribution in [0.3, 0.4) is 0 Å². The first-order chi connectivity index (χ1) is 12.7. The van der Waals surface area contributed by atoms with Crippen molar-refractivity contribution >= 4 is 16.9 Å². The highest BCUT2D eigenvalue weighted by atomic mass is 16.3. The van der Waals surface area contributed by atoms with Crippen molar-refractivity contribution in [1.82, 2.24) is 20.2 Å². The van der Waals surface area contributed by atoms with Crippen LogP contribution in [0.5, 0.6) is 0 Å². The van der Waals surface area contributed by atoms with Crippen LogP contribution in [-0.2, 0) is 11.2 Å². The molecule has 1 aromatic heterocycles. The second-order valence-corrected chi connectivity index (χ2v) is 6.75. The van der Waals surface area contributed by atoms with Gasteiger partial charge in [0.2, 0.25) is 5.91 Å². The molecule has 1 aromatic carbocycles. The number of para-hydroxylation sites is 2. The number of piperidine rings is 1. The van der Waals surface area contributed by atoms with E-state index in [0.717, 1.165) is 37.9 Å². The molecule has 0 aliphatic carbocycles. The molecule has 0 unspecified atom stereocenters. The number of hydrogen-bond acceptors (Lipinski definition) is 5. The maximum Gasteiger partial charge on any atom is 0.270 e. The molecular weight excluding hydrogens is 332 g/mol. The van der Waals surface area contributed by atoms with Crippen molar-refractivity contribution in [3.63, 3.8) is 0 Å². The Morgan fingerprint density at radius 1 is 1.35 bits per heavy atom. The Morgan fingerprint density at radius 2 is 2.19 bits per heavy atom. The van der Waals surface area contributed by atoms with Crippen LogP contribution < -0.4 is 10.9 Å². The van der Waals surface area contributed by atoms with Crippen LogP contribution in [0.1, 0.15) is 31.4 Å². The molecule has 7 heteroatoms. The Balaban J connectivity index is 1.47. The van der Waals surface area contributed by atoms with Gasteiger partial charge in [-0.15, -0.1) is 0 Å². The summed E-state index contributed by atoms with van der Waals surface area (Å²) >= 11 is 0. The minimum atomic E-state index is -0.240. The van der Waals surface area contributed by atoms with Crippen LogP contribution in [0.4, 0.5) is 0 Å². The monoisotopic (exact) mass is 358 g/mol. The largest absolute Gasteiger partial charge is 0.395 e. The summed E-state index contributed by atoms with van der Waals surface area (Å²) in [6, 6.07) is 7.56. The second-order valence-electron chi connectivity index (χ2n) is 6.75. The van der Waals surface area contributed by atoms with E-state index in [1.54, 1.807) is 6.07 Å². The molecule has 3 rings (SSSR count). The lowest BCUT2D eigenvalue weighted by Gasteiger charge is -2.34. The van der Waals surface area contributed by atoms with Crippen LogP contribution in [0.2, 0.25) is 0 Å². The molecule has 0 saturated carbocycles. The summed E-state index contributed by atoms with van der Waals surface area (Å²) in [6.07, 6.45) is 3.86. The number of aryl methyl sites for hydroxylation is 1. The number of aromatic amines is 1. The van der Waals surface area contributed by atoms with Gasteiger partial charge in [0.05, 0.1) is 17.6 Å². The molecule has 3 N–H and O–H groups in total. The first-order valence-electron chi connectivity index (χ1n) is 9.27. The predicted octanol–water partition coefficient (Wildman–Crippen LogP) is 0.819. The van der Waals surface area contributed by atoms with Gasteiger partial charge in [0.1, 0.15) is 5.69 Å². The first-order valence-corrected chi connectivity index (χ1v) is 9.27. The predicted molar refractivity (Wildman–Crippen MR) is 100.0 cm³/mol. The highest BCUT2D eigenvalue weighted by molar-refractivity contribution is 5.76.